The van der Waals surface area contributed by atoms with Crippen LogP contribution < -0.4 is 0 Å². The van der Waals surface area contributed by atoms with Crippen LogP contribution in [0, 0.1) is 5.92 Å². The van der Waals surface area contributed by atoms with E-state index < -0.39 is 0 Å². The molecule has 5 heteroatoms. The lowest BCUT2D eigenvalue weighted by Crippen LogP contribution is -2.31. The van der Waals surface area contributed by atoms with Crippen LogP contribution in [0.5, 0.6) is 0 Å². The first kappa shape index (κ1) is 16.9. The maximum Gasteiger partial charge on any atom is 0.165 e. The number of hydrogen-bond acceptors (Lipinski definition) is 3. The van der Waals surface area contributed by atoms with Crippen molar-refractivity contribution >= 4 is 33.3 Å². The number of carbonyl (C=O) groups excluding carboxylic acids is 1. The largest absolute Gasteiger partial charge is 0.381 e. The van der Waals surface area contributed by atoms with Gasteiger partial charge < -0.3 is 9.64 Å². The van der Waals surface area contributed by atoms with Gasteiger partial charge in [0.1, 0.15) is 0 Å². The van der Waals surface area contributed by atoms with Crippen molar-refractivity contribution in [3.05, 3.63) is 33.3 Å². The third-order valence-electron chi connectivity index (χ3n) is 3.86. The molecule has 0 N–H and O–H groups in total. The number of hydrogen-bond donors (Lipinski definition) is 0. The van der Waals surface area contributed by atoms with Crippen LogP contribution in [-0.2, 0) is 4.74 Å². The fraction of sp³-hybridized carbons (Fsp3) is 0.562. The molecular formula is C16H21BrClNO2. The fourth-order valence-electron chi connectivity index (χ4n) is 2.60. The first-order chi connectivity index (χ1) is 10.1. The maximum absolute atomic E-state index is 12.2. The number of ether oxygens (including phenoxy) is 1. The van der Waals surface area contributed by atoms with Gasteiger partial charge in [-0.1, -0.05) is 27.5 Å². The summed E-state index contributed by atoms with van der Waals surface area (Å²) in [4.78, 5) is 14.5. The molecule has 1 heterocycles. The molecule has 0 amide bonds. The topological polar surface area (TPSA) is 29.5 Å². The van der Waals surface area contributed by atoms with Crippen molar-refractivity contribution in [3.63, 3.8) is 0 Å². The number of halogens is 2. The van der Waals surface area contributed by atoms with E-state index in [1.165, 1.54) is 0 Å². The van der Waals surface area contributed by atoms with Crippen molar-refractivity contribution in [2.75, 3.05) is 33.4 Å². The summed E-state index contributed by atoms with van der Waals surface area (Å²) in [5.74, 6) is 0.793. The van der Waals surface area contributed by atoms with Gasteiger partial charge in [0.05, 0.1) is 5.02 Å². The van der Waals surface area contributed by atoms with Crippen LogP contribution in [0.25, 0.3) is 0 Å². The van der Waals surface area contributed by atoms with Crippen LogP contribution in [0.15, 0.2) is 22.7 Å². The number of nitrogens with zero attached hydrogens (tertiary/aromatic N) is 1. The van der Waals surface area contributed by atoms with E-state index in [1.54, 1.807) is 12.1 Å². The smallest absolute Gasteiger partial charge is 0.165 e. The zero-order valence-electron chi connectivity index (χ0n) is 12.3. The monoisotopic (exact) mass is 373 g/mol. The molecule has 1 aliphatic rings. The first-order valence-corrected chi connectivity index (χ1v) is 8.48. The van der Waals surface area contributed by atoms with Crippen LogP contribution in [0.4, 0.5) is 0 Å². The van der Waals surface area contributed by atoms with E-state index in [0.29, 0.717) is 22.9 Å². The summed E-state index contributed by atoms with van der Waals surface area (Å²) in [5.41, 5.74) is 0.610. The summed E-state index contributed by atoms with van der Waals surface area (Å²) in [6, 6.07) is 5.40. The molecule has 0 saturated carbocycles. The Hall–Kier alpha value is -0.420. The second-order valence-corrected chi connectivity index (χ2v) is 6.94. The molecule has 3 nitrogen and oxygen atoms in total. The quantitative estimate of drug-likeness (QED) is 0.704. The second-order valence-electron chi connectivity index (χ2n) is 5.62. The minimum Gasteiger partial charge on any atom is -0.381 e. The zero-order valence-corrected chi connectivity index (χ0v) is 14.6. The summed E-state index contributed by atoms with van der Waals surface area (Å²) in [6.07, 6.45) is 2.74. The van der Waals surface area contributed by atoms with Gasteiger partial charge in [-0.15, -0.1) is 0 Å². The minimum atomic E-state index is 0.103. The minimum absolute atomic E-state index is 0.103. The lowest BCUT2D eigenvalue weighted by Gasteiger charge is -2.26. The van der Waals surface area contributed by atoms with Crippen LogP contribution in [0.1, 0.15) is 29.6 Å². The molecule has 0 bridgehead atoms. The Bertz CT molecular complexity index is 489. The molecule has 1 fully saturated rings. The van der Waals surface area contributed by atoms with Gasteiger partial charge in [0.25, 0.3) is 0 Å². The third kappa shape index (κ3) is 5.37. The second kappa shape index (κ2) is 8.28. The highest BCUT2D eigenvalue weighted by Gasteiger charge is 2.17. The number of Topliss-reactive ketones (excluding diaryl/α,β-unsaturated/α-hetero) is 1. The average Bonchev–Trinajstić information content (AvgIpc) is 2.46. The number of carbonyl (C=O) groups is 1. The van der Waals surface area contributed by atoms with Gasteiger partial charge in [-0.25, -0.2) is 0 Å². The van der Waals surface area contributed by atoms with Crippen LogP contribution in [0.2, 0.25) is 5.02 Å². The normalized spacial score (nSPS) is 16.4. The highest BCUT2D eigenvalue weighted by molar-refractivity contribution is 9.10. The van der Waals surface area contributed by atoms with E-state index in [0.717, 1.165) is 43.6 Å². The number of ketones is 1. The highest BCUT2D eigenvalue weighted by Crippen LogP contribution is 2.22. The highest BCUT2D eigenvalue weighted by atomic mass is 79.9. The molecule has 0 aliphatic carbocycles. The molecule has 0 aromatic heterocycles. The van der Waals surface area contributed by atoms with Gasteiger partial charge in [0.15, 0.2) is 5.78 Å². The van der Waals surface area contributed by atoms with Gasteiger partial charge in [-0.2, -0.15) is 0 Å². The number of benzene rings is 1. The SMILES string of the molecule is CN(CCC(=O)c1ccc(Br)cc1Cl)CC1CCOCC1. The Kier molecular flexibility index (Phi) is 6.68. The van der Waals surface area contributed by atoms with Crippen LogP contribution in [-0.4, -0.2) is 44.0 Å². The van der Waals surface area contributed by atoms with Gasteiger partial charge in [-0.05, 0) is 44.0 Å². The first-order valence-electron chi connectivity index (χ1n) is 7.31. The Morgan fingerprint density at radius 1 is 1.43 bits per heavy atom. The van der Waals surface area contributed by atoms with E-state index in [2.05, 4.69) is 27.9 Å². The van der Waals surface area contributed by atoms with E-state index in [-0.39, 0.29) is 5.78 Å². The summed E-state index contributed by atoms with van der Waals surface area (Å²) in [7, 11) is 2.08. The van der Waals surface area contributed by atoms with Crippen molar-refractivity contribution in [1.29, 1.82) is 0 Å². The zero-order chi connectivity index (χ0) is 15.2. The molecule has 0 spiro atoms. The molecule has 1 aromatic rings. The van der Waals surface area contributed by atoms with Gasteiger partial charge >= 0.3 is 0 Å². The molecule has 116 valence electrons. The molecule has 2 rings (SSSR count). The molecule has 1 saturated heterocycles. The maximum atomic E-state index is 12.2. The Morgan fingerprint density at radius 3 is 2.81 bits per heavy atom. The van der Waals surface area contributed by atoms with Crippen molar-refractivity contribution in [3.8, 4) is 0 Å². The molecule has 0 radical (unpaired) electrons. The summed E-state index contributed by atoms with van der Waals surface area (Å²) < 4.78 is 6.26. The average molecular weight is 375 g/mol. The standard InChI is InChI=1S/C16H21BrClNO2/c1-19(11-12-5-8-21-9-6-12)7-4-16(20)14-3-2-13(17)10-15(14)18/h2-3,10,12H,4-9,11H2,1H3. The molecule has 0 atom stereocenters. The molecule has 21 heavy (non-hydrogen) atoms. The molecule has 0 unspecified atom stereocenters. The number of rotatable bonds is 6. The fourth-order valence-corrected chi connectivity index (χ4v) is 3.38. The van der Waals surface area contributed by atoms with E-state index in [1.807, 2.05) is 6.07 Å². The molecular weight excluding hydrogens is 354 g/mol. The Morgan fingerprint density at radius 2 is 2.14 bits per heavy atom. The Balaban J connectivity index is 1.80. The van der Waals surface area contributed by atoms with Crippen molar-refractivity contribution in [1.82, 2.24) is 4.90 Å². The van der Waals surface area contributed by atoms with Gasteiger partial charge in [-0.3, -0.25) is 4.79 Å². The summed E-state index contributed by atoms with van der Waals surface area (Å²) in [6.45, 7) is 3.53. The van der Waals surface area contributed by atoms with Crippen LogP contribution >= 0.6 is 27.5 Å². The molecule has 1 aromatic carbocycles. The summed E-state index contributed by atoms with van der Waals surface area (Å²) >= 11 is 9.47. The van der Waals surface area contributed by atoms with Gasteiger partial charge in [0.2, 0.25) is 0 Å². The van der Waals surface area contributed by atoms with E-state index in [9.17, 15) is 4.79 Å². The Labute approximate surface area is 139 Å². The predicted molar refractivity (Wildman–Crippen MR) is 89.1 cm³/mol. The van der Waals surface area contributed by atoms with Crippen molar-refractivity contribution < 1.29 is 9.53 Å². The molecule has 1 aliphatic heterocycles. The third-order valence-corrected chi connectivity index (χ3v) is 4.67. The van der Waals surface area contributed by atoms with Crippen LogP contribution in [0.3, 0.4) is 0 Å². The van der Waals surface area contributed by atoms with E-state index >= 15 is 0 Å². The van der Waals surface area contributed by atoms with E-state index in [4.69, 9.17) is 16.3 Å². The van der Waals surface area contributed by atoms with Crippen molar-refractivity contribution in [2.24, 2.45) is 5.92 Å². The summed E-state index contributed by atoms with van der Waals surface area (Å²) in [5, 5.41) is 0.515. The van der Waals surface area contributed by atoms with Gasteiger partial charge in [0, 0.05) is 42.8 Å². The van der Waals surface area contributed by atoms with Crippen molar-refractivity contribution in [2.45, 2.75) is 19.3 Å². The lowest BCUT2D eigenvalue weighted by molar-refractivity contribution is 0.0553. The predicted octanol–water partition coefficient (Wildman–Crippen LogP) is 4.03. The lowest BCUT2D eigenvalue weighted by atomic mass is 9.99.